The number of nitrogens with zero attached hydrogens (tertiary/aromatic N) is 4. The average molecular weight is 737 g/mol. The summed E-state index contributed by atoms with van der Waals surface area (Å²) >= 11 is 0. The van der Waals surface area contributed by atoms with Crippen molar-refractivity contribution in [2.24, 2.45) is 10.9 Å². The molecule has 4 rings (SSSR count). The molecule has 2 aromatic rings. The number of hydrogen-bond acceptors (Lipinski definition) is 11. The van der Waals surface area contributed by atoms with Gasteiger partial charge in [-0.25, -0.2) is 34.0 Å². The van der Waals surface area contributed by atoms with E-state index in [-0.39, 0.29) is 30.9 Å². The van der Waals surface area contributed by atoms with Gasteiger partial charge >= 0.3 is 24.2 Å². The van der Waals surface area contributed by atoms with Crippen LogP contribution in [0.2, 0.25) is 0 Å². The van der Waals surface area contributed by atoms with Gasteiger partial charge in [0, 0.05) is 44.3 Å². The number of hydrogen-bond donors (Lipinski definition) is 2. The second-order valence-corrected chi connectivity index (χ2v) is 14.8. The summed E-state index contributed by atoms with van der Waals surface area (Å²) in [5.41, 5.74) is 0.658. The number of nitrogens with one attached hydrogen (secondary N) is 2. The molecule has 2 aromatic carbocycles. The summed E-state index contributed by atoms with van der Waals surface area (Å²) in [6.45, 7) is 12.3. The zero-order chi connectivity index (χ0) is 38.8. The number of rotatable bonds is 9. The third-order valence-corrected chi connectivity index (χ3v) is 8.23. The number of ether oxygens (including phenoxy) is 4. The van der Waals surface area contributed by atoms with Gasteiger partial charge in [0.25, 0.3) is 0 Å². The maximum Gasteiger partial charge on any atom is 0.417 e. The van der Waals surface area contributed by atoms with E-state index in [4.69, 9.17) is 23.9 Å². The van der Waals surface area contributed by atoms with Crippen LogP contribution in [0.3, 0.4) is 0 Å². The monoisotopic (exact) mass is 736 g/mol. The van der Waals surface area contributed by atoms with Crippen LogP contribution in [0.5, 0.6) is 0 Å². The molecule has 0 unspecified atom stereocenters. The number of amides is 4. The van der Waals surface area contributed by atoms with Crippen LogP contribution < -0.4 is 15.5 Å². The first kappa shape index (κ1) is 40.4. The van der Waals surface area contributed by atoms with Crippen LogP contribution in [0.25, 0.3) is 0 Å². The lowest BCUT2D eigenvalue weighted by Crippen LogP contribution is -2.56. The first-order valence-electron chi connectivity index (χ1n) is 17.8. The fourth-order valence-electron chi connectivity index (χ4n) is 5.70. The first-order chi connectivity index (χ1) is 25.0. The maximum absolute atomic E-state index is 13.3. The number of esters is 1. The lowest BCUT2D eigenvalue weighted by Gasteiger charge is -2.37. The predicted octanol–water partition coefficient (Wildman–Crippen LogP) is 5.35. The Hall–Kier alpha value is -5.34. The molecular weight excluding hydrogens is 684 g/mol. The van der Waals surface area contributed by atoms with Crippen molar-refractivity contribution in [2.45, 2.75) is 84.7 Å². The quantitative estimate of drug-likeness (QED) is 0.253. The average Bonchev–Trinajstić information content (AvgIpc) is 3.11. The number of aliphatic imine (C=N–C) groups is 1. The van der Waals surface area contributed by atoms with Crippen molar-refractivity contribution in [3.63, 3.8) is 0 Å². The van der Waals surface area contributed by atoms with Gasteiger partial charge < -0.3 is 34.5 Å². The van der Waals surface area contributed by atoms with Crippen molar-refractivity contribution in [1.29, 1.82) is 0 Å². The highest BCUT2D eigenvalue weighted by atomic mass is 16.6. The molecule has 0 spiro atoms. The van der Waals surface area contributed by atoms with Gasteiger partial charge in [0.05, 0.1) is 12.8 Å². The van der Waals surface area contributed by atoms with Crippen LogP contribution in [0.1, 0.15) is 66.4 Å². The highest BCUT2D eigenvalue weighted by Crippen LogP contribution is 2.28. The zero-order valence-electron chi connectivity index (χ0n) is 31.7. The zero-order valence-corrected chi connectivity index (χ0v) is 31.7. The van der Waals surface area contributed by atoms with Gasteiger partial charge in [-0.1, -0.05) is 36.4 Å². The van der Waals surface area contributed by atoms with Gasteiger partial charge in [0.1, 0.15) is 23.9 Å². The number of methoxy groups -OCH3 is 1. The van der Waals surface area contributed by atoms with Crippen molar-refractivity contribution in [2.75, 3.05) is 44.7 Å². The summed E-state index contributed by atoms with van der Waals surface area (Å²) in [7, 11) is 1.20. The Morgan fingerprint density at radius 1 is 0.830 bits per heavy atom. The number of benzene rings is 2. The molecule has 2 heterocycles. The third-order valence-electron chi connectivity index (χ3n) is 8.23. The number of alkyl carbamates (subject to hydrolysis) is 1. The van der Waals surface area contributed by atoms with Crippen molar-refractivity contribution < 1.29 is 42.9 Å². The van der Waals surface area contributed by atoms with Crippen LogP contribution >= 0.6 is 0 Å². The predicted molar refractivity (Wildman–Crippen MR) is 198 cm³/mol. The van der Waals surface area contributed by atoms with Crippen LogP contribution in [0.4, 0.5) is 25.8 Å². The summed E-state index contributed by atoms with van der Waals surface area (Å²) in [6.07, 6.45) is -0.438. The molecule has 2 aliphatic rings. The highest BCUT2D eigenvalue weighted by molar-refractivity contribution is 6.03. The van der Waals surface area contributed by atoms with Gasteiger partial charge in [0.2, 0.25) is 11.9 Å². The molecule has 4 amide bonds. The number of anilines is 1. The van der Waals surface area contributed by atoms with E-state index >= 15 is 0 Å². The van der Waals surface area contributed by atoms with E-state index in [1.807, 2.05) is 48.5 Å². The molecule has 15 heteroatoms. The van der Waals surface area contributed by atoms with Crippen molar-refractivity contribution in [1.82, 2.24) is 20.4 Å². The number of piperidine rings is 1. The molecule has 2 saturated heterocycles. The maximum atomic E-state index is 13.3. The SMILES string of the molecule is COC(=O)[C@H](CNC(=O)C1CCN(c2cccc(N=C3N(C(=O)OC(C)(C)C)CCCN3C(=O)OC(C)(C)C)c2)CC1)NC(=O)OCc1ccccc1. The number of carbonyl (C=O) groups excluding carboxylic acids is 5. The second kappa shape index (κ2) is 17.9. The second-order valence-electron chi connectivity index (χ2n) is 14.8. The number of carbonyl (C=O) groups is 5. The minimum Gasteiger partial charge on any atom is -0.467 e. The minimum atomic E-state index is -1.13. The van der Waals surface area contributed by atoms with E-state index in [1.54, 1.807) is 47.6 Å². The van der Waals surface area contributed by atoms with E-state index in [9.17, 15) is 24.0 Å². The summed E-state index contributed by atoms with van der Waals surface area (Å²) in [5.74, 6) is -1.14. The fraction of sp³-hybridized carbons (Fsp3) is 0.526. The van der Waals surface area contributed by atoms with Crippen LogP contribution in [-0.4, -0.2) is 103 Å². The van der Waals surface area contributed by atoms with Gasteiger partial charge in [-0.05, 0) is 84.6 Å². The first-order valence-corrected chi connectivity index (χ1v) is 17.8. The standard InChI is InChI=1S/C38H52N6O9/c1-37(2,3)52-35(48)43-19-12-20-44(36(49)53-38(4,5)6)33(43)40-28-15-11-16-29(23-28)42-21-17-27(18-22-42)31(45)39-24-30(32(46)50-7)41-34(47)51-25-26-13-9-8-10-14-26/h8-11,13-16,23,27,30H,12,17-22,24-25H2,1-7H3,(H,39,45)(H,41,47)/t30-/m0/s1. The summed E-state index contributed by atoms with van der Waals surface area (Å²) in [5, 5.41) is 5.25. The van der Waals surface area contributed by atoms with Crippen molar-refractivity contribution in [3.8, 4) is 0 Å². The van der Waals surface area contributed by atoms with Crippen molar-refractivity contribution >= 4 is 47.5 Å². The molecule has 0 aliphatic carbocycles. The van der Waals surface area contributed by atoms with Crippen LogP contribution in [0.15, 0.2) is 59.6 Å². The fourth-order valence-corrected chi connectivity index (χ4v) is 5.70. The molecule has 15 nitrogen and oxygen atoms in total. The van der Waals surface area contributed by atoms with Crippen molar-refractivity contribution in [3.05, 3.63) is 60.2 Å². The molecule has 2 fully saturated rings. The Morgan fingerprint density at radius 3 is 2.00 bits per heavy atom. The van der Waals surface area contributed by atoms with E-state index < -0.39 is 41.5 Å². The van der Waals surface area contributed by atoms with Crippen LogP contribution in [0, 0.1) is 5.92 Å². The Morgan fingerprint density at radius 2 is 1.43 bits per heavy atom. The van der Waals surface area contributed by atoms with Gasteiger partial charge in [-0.3, -0.25) is 4.79 Å². The minimum absolute atomic E-state index is 0.0248. The van der Waals surface area contributed by atoms with Gasteiger partial charge in [0.15, 0.2) is 0 Å². The molecule has 2 aliphatic heterocycles. The Kier molecular flexibility index (Phi) is 13.7. The summed E-state index contributed by atoms with van der Waals surface area (Å²) < 4.78 is 21.3. The van der Waals surface area contributed by atoms with E-state index in [0.29, 0.717) is 51.1 Å². The largest absolute Gasteiger partial charge is 0.467 e. The Labute approximate surface area is 311 Å². The molecule has 0 radical (unpaired) electrons. The van der Waals surface area contributed by atoms with E-state index in [2.05, 4.69) is 15.5 Å². The molecule has 1 atom stereocenters. The van der Waals surface area contributed by atoms with E-state index in [0.717, 1.165) is 11.3 Å². The topological polar surface area (TPSA) is 168 Å². The molecular formula is C38H52N6O9. The smallest absolute Gasteiger partial charge is 0.417 e. The third kappa shape index (κ3) is 12.4. The highest BCUT2D eigenvalue weighted by Gasteiger charge is 2.37. The van der Waals surface area contributed by atoms with Crippen LogP contribution in [-0.2, 0) is 35.1 Å². The normalized spacial score (nSPS) is 15.9. The number of guanidine groups is 1. The lowest BCUT2D eigenvalue weighted by molar-refractivity contribution is -0.143. The molecule has 53 heavy (non-hydrogen) atoms. The van der Waals surface area contributed by atoms with E-state index in [1.165, 1.54) is 16.9 Å². The summed E-state index contributed by atoms with van der Waals surface area (Å²) in [6, 6.07) is 15.4. The summed E-state index contributed by atoms with van der Waals surface area (Å²) in [4.78, 5) is 74.1. The molecule has 0 aromatic heterocycles. The Balaban J connectivity index is 1.39. The molecule has 2 N–H and O–H groups in total. The lowest BCUT2D eigenvalue weighted by atomic mass is 9.95. The van der Waals surface area contributed by atoms with Gasteiger partial charge in [-0.15, -0.1) is 0 Å². The van der Waals surface area contributed by atoms with Gasteiger partial charge in [-0.2, -0.15) is 0 Å². The molecule has 288 valence electrons. The Bertz CT molecular complexity index is 1590. The molecule has 0 bridgehead atoms. The molecule has 0 saturated carbocycles.